The van der Waals surface area contributed by atoms with Crippen molar-refractivity contribution in [2.24, 2.45) is 0 Å². The summed E-state index contributed by atoms with van der Waals surface area (Å²) in [6.07, 6.45) is 1.16. The second-order valence-electron chi connectivity index (χ2n) is 9.04. The van der Waals surface area contributed by atoms with Gasteiger partial charge in [-0.2, -0.15) is 0 Å². The minimum atomic E-state index is -3.21. The first-order valence-corrected chi connectivity index (χ1v) is 10.4. The number of hydrogen-bond acceptors (Lipinski definition) is 7. The number of nitrogen functional groups attached to an aromatic ring is 1. The average Bonchev–Trinajstić information content (AvgIpc) is 3.26. The molecule has 32 heavy (non-hydrogen) atoms. The zero-order valence-corrected chi connectivity index (χ0v) is 17.6. The number of fused-ring (bicyclic) bond motifs is 2. The molecule has 2 bridgehead atoms. The number of amides is 1. The Morgan fingerprint density at radius 3 is 2.56 bits per heavy atom. The van der Waals surface area contributed by atoms with Crippen LogP contribution in [0.25, 0.3) is 11.3 Å². The topological polar surface area (TPSA) is 142 Å². The van der Waals surface area contributed by atoms with Crippen LogP contribution in [-0.2, 0) is 5.60 Å². The quantitative estimate of drug-likeness (QED) is 0.452. The van der Waals surface area contributed by atoms with Crippen molar-refractivity contribution in [3.63, 3.8) is 0 Å². The van der Waals surface area contributed by atoms with E-state index in [1.807, 2.05) is 0 Å². The molecule has 8 nitrogen and oxygen atoms in total. The number of nitrogens with one attached hydrogen (secondary N) is 1. The number of benzene rings is 1. The highest BCUT2D eigenvalue weighted by atomic mass is 19.3. The Balaban J connectivity index is 1.67. The third-order valence-corrected chi connectivity index (χ3v) is 6.82. The average molecular weight is 448 g/mol. The summed E-state index contributed by atoms with van der Waals surface area (Å²) in [6.45, 7) is 0.552. The molecule has 6 N–H and O–H groups in total. The maximum absolute atomic E-state index is 13.4. The highest BCUT2D eigenvalue weighted by molar-refractivity contribution is 5.97. The molecule has 0 saturated heterocycles. The van der Waals surface area contributed by atoms with Gasteiger partial charge < -0.3 is 26.4 Å². The Morgan fingerprint density at radius 1 is 1.31 bits per heavy atom. The number of aromatic nitrogens is 2. The van der Waals surface area contributed by atoms with E-state index >= 15 is 0 Å². The van der Waals surface area contributed by atoms with Crippen molar-refractivity contribution in [1.29, 1.82) is 0 Å². The third kappa shape index (κ3) is 3.72. The Morgan fingerprint density at radius 2 is 2.00 bits per heavy atom. The Kier molecular flexibility index (Phi) is 5.43. The van der Waals surface area contributed by atoms with Crippen LogP contribution in [0, 0.1) is 6.92 Å². The number of carbonyl (C=O) groups is 1. The number of anilines is 1. The molecular weight excluding hydrogens is 422 g/mol. The van der Waals surface area contributed by atoms with Crippen LogP contribution in [0.3, 0.4) is 0 Å². The second-order valence-corrected chi connectivity index (χ2v) is 9.04. The lowest BCUT2D eigenvalue weighted by molar-refractivity contribution is -0.129. The highest BCUT2D eigenvalue weighted by Gasteiger charge is 2.54. The molecule has 1 amide bonds. The van der Waals surface area contributed by atoms with E-state index in [0.717, 1.165) is 0 Å². The third-order valence-electron chi connectivity index (χ3n) is 6.82. The van der Waals surface area contributed by atoms with Crippen LogP contribution in [0.4, 0.5) is 14.6 Å². The molecule has 2 aromatic rings. The summed E-state index contributed by atoms with van der Waals surface area (Å²) in [5, 5.41) is 33.0. The molecule has 172 valence electrons. The van der Waals surface area contributed by atoms with Gasteiger partial charge in [0, 0.05) is 11.1 Å². The number of nitrogens with two attached hydrogens (primary N) is 1. The molecule has 0 aliphatic heterocycles. The van der Waals surface area contributed by atoms with Crippen LogP contribution in [0.15, 0.2) is 24.4 Å². The van der Waals surface area contributed by atoms with E-state index in [-0.39, 0.29) is 22.8 Å². The first-order valence-electron chi connectivity index (χ1n) is 10.4. The van der Waals surface area contributed by atoms with E-state index in [4.69, 9.17) is 5.73 Å². The molecule has 0 radical (unpaired) electrons. The lowest BCUT2D eigenvalue weighted by Gasteiger charge is -2.27. The van der Waals surface area contributed by atoms with E-state index in [9.17, 15) is 28.9 Å². The zero-order chi connectivity index (χ0) is 23.3. The second kappa shape index (κ2) is 7.72. The molecule has 10 heteroatoms. The molecule has 1 aromatic carbocycles. The molecule has 2 aliphatic carbocycles. The van der Waals surface area contributed by atoms with Crippen molar-refractivity contribution in [3.8, 4) is 11.3 Å². The number of carbonyl (C=O) groups excluding carboxylic acids is 1. The lowest BCUT2D eigenvalue weighted by atomic mass is 9.91. The lowest BCUT2D eigenvalue weighted by Crippen LogP contribution is -2.45. The zero-order valence-electron chi connectivity index (χ0n) is 17.6. The highest BCUT2D eigenvalue weighted by Crippen LogP contribution is 2.50. The summed E-state index contributed by atoms with van der Waals surface area (Å²) in [5.74, 6) is -0.599. The van der Waals surface area contributed by atoms with Crippen molar-refractivity contribution in [3.05, 3.63) is 41.2 Å². The SMILES string of the molecule is Cc1ccc(C(O)(CO)C(F)F)cc1-c1cnc(N)c(C(=O)NC23CCC(O)(CC2)C3)n1. The molecular formula is C22H26F2N4O4. The van der Waals surface area contributed by atoms with E-state index in [2.05, 4.69) is 15.3 Å². The van der Waals surface area contributed by atoms with Crippen LogP contribution >= 0.6 is 0 Å². The summed E-state index contributed by atoms with van der Waals surface area (Å²) < 4.78 is 26.8. The Bertz CT molecular complexity index is 1060. The normalized spacial score (nSPS) is 26.3. The number of halogens is 2. The Labute approximate surface area is 183 Å². The maximum atomic E-state index is 13.4. The number of aliphatic hydroxyl groups excluding tert-OH is 1. The summed E-state index contributed by atoms with van der Waals surface area (Å²) in [7, 11) is 0. The monoisotopic (exact) mass is 448 g/mol. The van der Waals surface area contributed by atoms with Gasteiger partial charge in [-0.05, 0) is 56.2 Å². The van der Waals surface area contributed by atoms with Gasteiger partial charge in [-0.1, -0.05) is 12.1 Å². The molecule has 4 rings (SSSR count). The van der Waals surface area contributed by atoms with Gasteiger partial charge in [0.2, 0.25) is 0 Å². The molecule has 1 heterocycles. The molecule has 0 spiro atoms. The van der Waals surface area contributed by atoms with Crippen molar-refractivity contribution >= 4 is 11.7 Å². The van der Waals surface area contributed by atoms with Crippen molar-refractivity contribution in [2.45, 2.75) is 62.2 Å². The van der Waals surface area contributed by atoms with Crippen LogP contribution in [-0.4, -0.2) is 55.4 Å². The number of alkyl halides is 2. The Hall–Kier alpha value is -2.69. The van der Waals surface area contributed by atoms with Crippen molar-refractivity contribution in [2.75, 3.05) is 12.3 Å². The van der Waals surface area contributed by atoms with Crippen LogP contribution < -0.4 is 11.1 Å². The van der Waals surface area contributed by atoms with Crippen molar-refractivity contribution in [1.82, 2.24) is 15.3 Å². The number of nitrogens with zero attached hydrogens (tertiary/aromatic N) is 2. The van der Waals surface area contributed by atoms with Gasteiger partial charge in [0.25, 0.3) is 12.3 Å². The molecule has 1 aromatic heterocycles. The van der Waals surface area contributed by atoms with E-state index in [0.29, 0.717) is 43.2 Å². The van der Waals surface area contributed by atoms with E-state index in [1.54, 1.807) is 6.92 Å². The standard InChI is InChI=1S/C22H26F2N4O4/c1-12-2-3-13(22(32,11-29)19(23)24)8-14(12)15-9-26-17(25)16(27-15)18(30)28-20-4-6-21(31,10-20)7-5-20/h2-3,8-9,19,29,31-32H,4-7,10-11H2,1H3,(H2,25,26)(H,28,30). The van der Waals surface area contributed by atoms with Gasteiger partial charge in [-0.3, -0.25) is 4.79 Å². The summed E-state index contributed by atoms with van der Waals surface area (Å²) in [6, 6.07) is 4.12. The first kappa shape index (κ1) is 22.5. The summed E-state index contributed by atoms with van der Waals surface area (Å²) in [4.78, 5) is 21.4. The summed E-state index contributed by atoms with van der Waals surface area (Å²) >= 11 is 0. The van der Waals surface area contributed by atoms with E-state index < -0.39 is 35.7 Å². The smallest absolute Gasteiger partial charge is 0.274 e. The van der Waals surface area contributed by atoms with Crippen LogP contribution in [0.2, 0.25) is 0 Å². The van der Waals surface area contributed by atoms with Gasteiger partial charge in [0.1, 0.15) is 0 Å². The summed E-state index contributed by atoms with van der Waals surface area (Å²) in [5.41, 5.74) is 2.87. The number of rotatable bonds is 6. The van der Waals surface area contributed by atoms with Gasteiger partial charge >= 0.3 is 0 Å². The number of aliphatic hydroxyl groups is 3. The molecule has 1 atom stereocenters. The fourth-order valence-corrected chi connectivity index (χ4v) is 4.80. The van der Waals surface area contributed by atoms with Crippen LogP contribution in [0.5, 0.6) is 0 Å². The van der Waals surface area contributed by atoms with Gasteiger partial charge in [-0.25, -0.2) is 18.7 Å². The maximum Gasteiger partial charge on any atom is 0.274 e. The number of aryl methyl sites for hydroxylation is 1. The van der Waals surface area contributed by atoms with Crippen molar-refractivity contribution < 1.29 is 28.9 Å². The predicted octanol–water partition coefficient (Wildman–Crippen LogP) is 1.66. The van der Waals surface area contributed by atoms with Gasteiger partial charge in [-0.15, -0.1) is 0 Å². The largest absolute Gasteiger partial charge is 0.393 e. The predicted molar refractivity (Wildman–Crippen MR) is 112 cm³/mol. The van der Waals surface area contributed by atoms with Crippen LogP contribution in [0.1, 0.15) is 53.7 Å². The minimum absolute atomic E-state index is 0.0813. The molecule has 2 fully saturated rings. The number of hydrogen-bond donors (Lipinski definition) is 5. The first-order chi connectivity index (χ1) is 15.0. The van der Waals surface area contributed by atoms with Gasteiger partial charge in [0.05, 0.1) is 24.1 Å². The minimum Gasteiger partial charge on any atom is -0.393 e. The fourth-order valence-electron chi connectivity index (χ4n) is 4.80. The molecule has 2 saturated carbocycles. The molecule has 2 aliphatic rings. The van der Waals surface area contributed by atoms with E-state index in [1.165, 1.54) is 24.4 Å². The van der Waals surface area contributed by atoms with Gasteiger partial charge in [0.15, 0.2) is 17.1 Å². The molecule has 1 unspecified atom stereocenters. The fraction of sp³-hybridized carbons (Fsp3) is 0.500.